The van der Waals surface area contributed by atoms with E-state index in [2.05, 4.69) is 115 Å². The number of hydrogen-bond donors (Lipinski definition) is 8. The molecule has 6 saturated carbocycles. The van der Waals surface area contributed by atoms with Gasteiger partial charge in [-0.1, -0.05) is 87.4 Å². The molecule has 14 heterocycles. The zero-order valence-corrected chi connectivity index (χ0v) is 71.6. The number of nitrogens with one attached hydrogen (secondary N) is 8. The minimum atomic E-state index is 0.262. The predicted molar refractivity (Wildman–Crippen MR) is 467 cm³/mol. The summed E-state index contributed by atoms with van der Waals surface area (Å²) in [5, 5.41) is 62.5. The lowest BCUT2D eigenvalue weighted by atomic mass is 9.95. The zero-order valence-electron chi connectivity index (χ0n) is 70.1. The smallest absolute Gasteiger partial charge is 0.227 e. The number of hydrogen-bond acceptors (Lipinski definition) is 21. The second-order valence-electron chi connectivity index (χ2n) is 33.3. The summed E-state index contributed by atoms with van der Waals surface area (Å²) in [6.07, 6.45) is 42.1. The van der Waals surface area contributed by atoms with Crippen molar-refractivity contribution in [3.05, 3.63) is 105 Å². The number of rotatable bonds is 14. The Bertz CT molecular complexity index is 5040. The Labute approximate surface area is 699 Å². The normalized spacial score (nSPS) is 17.6. The summed E-state index contributed by atoms with van der Waals surface area (Å²) in [5.41, 5.74) is 15.4. The molecule has 6 aliphatic carbocycles. The van der Waals surface area contributed by atoms with Gasteiger partial charge in [0.25, 0.3) is 0 Å². The summed E-state index contributed by atoms with van der Waals surface area (Å²) in [4.78, 5) is 29.8. The van der Waals surface area contributed by atoms with Gasteiger partial charge >= 0.3 is 0 Å². The Morgan fingerprint density at radius 1 is 0.364 bits per heavy atom. The maximum Gasteiger partial charge on any atom is 0.227 e. The van der Waals surface area contributed by atoms with Gasteiger partial charge < -0.3 is 39.2 Å². The van der Waals surface area contributed by atoms with E-state index in [0.29, 0.717) is 40.3 Å². The minimum absolute atomic E-state index is 0.262. The summed E-state index contributed by atoms with van der Waals surface area (Å²) in [5.74, 6) is 5.62. The molecule has 0 atom stereocenters. The number of nitrogens with zero attached hydrogens (tertiary/aromatic N) is 15. The molecule has 0 amide bonds. The number of pyridine rings is 6. The molecule has 628 valence electrons. The molecule has 0 aromatic carbocycles. The maximum absolute atomic E-state index is 6.31. The average Bonchev–Trinajstić information content (AvgIpc) is 1.60. The molecule has 1 saturated heterocycles. The first-order valence-electron chi connectivity index (χ1n) is 43.4. The van der Waals surface area contributed by atoms with Crippen LogP contribution in [0, 0.1) is 55.4 Å². The molecule has 20 rings (SSSR count). The van der Waals surface area contributed by atoms with Gasteiger partial charge in [-0.25, -0.2) is 24.9 Å². The van der Waals surface area contributed by atoms with E-state index in [9.17, 15) is 0 Å². The molecule has 7 fully saturated rings. The Kier molecular flexibility index (Phi) is 27.7. The van der Waals surface area contributed by atoms with Gasteiger partial charge in [0.05, 0.1) is 79.5 Å². The molecular weight excluding hydrogens is 1530 g/mol. The average molecular weight is 1650 g/mol. The number of aryl methyl sites for hydroxylation is 9. The maximum atomic E-state index is 6.31. The summed E-state index contributed by atoms with van der Waals surface area (Å²) in [6.45, 7) is 19.3. The molecular formula is C88H117Cl2N23O5. The molecule has 13 aromatic rings. The SMILES string of the molecule is Cc1[nH]nc2cc(-c3cnn(C)c3)nc(OC3CCCCC3)c12.Cc1[nH]nc2cc(Cl)nc(NC3CCCCC3)c12.Cc1[nH]nc2cc(Cl)nc(OC3CCCCC3)c12.Cc1[nH]nc2cc(N3CCOCC3)nc(OC3CCCCC3)c12.Cc1cc2n[nH]c(C)c2c(NC2CCCCC2)n1.Cc1cc2n[nH]c(C)c2c(OC2CCCCC2)n1. The van der Waals surface area contributed by atoms with E-state index in [0.717, 1.165) is 229 Å². The first-order chi connectivity index (χ1) is 57.5. The largest absolute Gasteiger partial charge is 0.474 e. The van der Waals surface area contributed by atoms with Gasteiger partial charge in [-0.3, -0.25) is 35.3 Å². The van der Waals surface area contributed by atoms with Gasteiger partial charge in [-0.05, 0) is 202 Å². The van der Waals surface area contributed by atoms with Crippen LogP contribution >= 0.6 is 23.2 Å². The fraction of sp³-hybridized carbons (Fsp3) is 0.557. The van der Waals surface area contributed by atoms with Gasteiger partial charge in [0.1, 0.15) is 63.2 Å². The van der Waals surface area contributed by atoms with Crippen molar-refractivity contribution in [3.63, 3.8) is 0 Å². The van der Waals surface area contributed by atoms with Crippen LogP contribution in [0.1, 0.15) is 238 Å². The lowest BCUT2D eigenvalue weighted by Gasteiger charge is -2.29. The predicted octanol–water partition coefficient (Wildman–Crippen LogP) is 20.1. The number of anilines is 3. The van der Waals surface area contributed by atoms with Crippen molar-refractivity contribution >= 4 is 106 Å². The molecule has 28 nitrogen and oxygen atoms in total. The van der Waals surface area contributed by atoms with E-state index in [4.69, 9.17) is 56.9 Å². The number of H-pyrrole nitrogens is 6. The molecule has 8 N–H and O–H groups in total. The van der Waals surface area contributed by atoms with Crippen LogP contribution in [0.25, 0.3) is 76.7 Å². The van der Waals surface area contributed by atoms with Gasteiger partial charge in [0, 0.05) is 108 Å². The van der Waals surface area contributed by atoms with E-state index in [1.807, 2.05) is 86.1 Å². The second kappa shape index (κ2) is 39.3. The summed E-state index contributed by atoms with van der Waals surface area (Å²) in [7, 11) is 1.90. The molecule has 118 heavy (non-hydrogen) atoms. The number of morpholine rings is 1. The van der Waals surface area contributed by atoms with Crippen molar-refractivity contribution in [2.45, 2.75) is 285 Å². The van der Waals surface area contributed by atoms with Crippen molar-refractivity contribution in [1.82, 2.24) is 101 Å². The van der Waals surface area contributed by atoms with Gasteiger partial charge in [-0.15, -0.1) is 0 Å². The van der Waals surface area contributed by atoms with Gasteiger partial charge in [0.2, 0.25) is 23.5 Å². The molecule has 1 aliphatic heterocycles. The quantitative estimate of drug-likeness (QED) is 0.0469. The molecule has 0 unspecified atom stereocenters. The van der Waals surface area contributed by atoms with Gasteiger partial charge in [-0.2, -0.15) is 40.7 Å². The summed E-state index contributed by atoms with van der Waals surface area (Å²) < 4.78 is 32.0. The minimum Gasteiger partial charge on any atom is -0.474 e. The highest BCUT2D eigenvalue weighted by molar-refractivity contribution is 6.30. The summed E-state index contributed by atoms with van der Waals surface area (Å²) in [6, 6.07) is 12.7. The van der Waals surface area contributed by atoms with Crippen molar-refractivity contribution in [3.8, 4) is 34.8 Å². The molecule has 0 bridgehead atoms. The number of ether oxygens (including phenoxy) is 5. The number of aromatic nitrogens is 20. The molecule has 30 heteroatoms. The summed E-state index contributed by atoms with van der Waals surface area (Å²) >= 11 is 12.1. The van der Waals surface area contributed by atoms with Crippen LogP contribution in [0.4, 0.5) is 17.5 Å². The standard InChI is InChI=1S/C17H21N5O.C17H24N4O2.C14H20N4.C14H19N3O.C13H17ClN4.C13H16ClN3O/c1-11-16-15(21-20-11)8-14(12-9-18-22(2)10-12)19-17(16)23-13-6-4-3-5-7-13;1-12-16-14(20-19-12)11-15(21-7-9-22-10-8-21)18-17(16)23-13-5-3-2-4-6-13;1-9-8-12-13(10(2)17-18-12)14(15-9)16-11-6-4-3-5-7-11;1-9-8-12-13(10(2)16-17-12)14(15-9)18-11-6-4-3-5-7-11;1-8-12-10(18-17-8)7-11(14)16-13(12)15-9-5-3-2-4-6-9;1-8-12-10(17-16-8)7-11(14)15-13(12)18-9-5-3-2-4-6-9/h8-10,13H,3-7H2,1-2H3,(H,20,21);11,13H,2-10H2,1H3,(H,19,20);8,11H,3-7H2,1-2H3,(H,15,16)(H,17,18);8,11H,3-7H2,1-2H3,(H,16,17);7,9H,2-6H2,1H3,(H,15,16)(H,17,18);7,9H,2-6H2,1H3,(H,16,17). The third-order valence-electron chi connectivity index (χ3n) is 23.9. The van der Waals surface area contributed by atoms with Crippen molar-refractivity contribution in [2.75, 3.05) is 41.8 Å². The topological polar surface area (TPSA) is 341 Å². The van der Waals surface area contributed by atoms with Gasteiger partial charge in [0.15, 0.2) is 0 Å². The number of aromatic amines is 6. The Morgan fingerprint density at radius 2 is 0.695 bits per heavy atom. The fourth-order valence-electron chi connectivity index (χ4n) is 17.6. The van der Waals surface area contributed by atoms with E-state index >= 15 is 0 Å². The second-order valence-corrected chi connectivity index (χ2v) is 34.0. The highest BCUT2D eigenvalue weighted by atomic mass is 35.5. The van der Waals surface area contributed by atoms with Crippen LogP contribution in [-0.4, -0.2) is 164 Å². The van der Waals surface area contributed by atoms with Crippen LogP contribution in [0.2, 0.25) is 10.3 Å². The van der Waals surface area contributed by atoms with Crippen LogP contribution in [0.5, 0.6) is 23.5 Å². The van der Waals surface area contributed by atoms with E-state index in [1.54, 1.807) is 16.8 Å². The van der Waals surface area contributed by atoms with Crippen molar-refractivity contribution < 1.29 is 23.7 Å². The lowest BCUT2D eigenvalue weighted by molar-refractivity contribution is 0.122. The highest BCUT2D eigenvalue weighted by Crippen LogP contribution is 2.39. The molecule has 13 aromatic heterocycles. The van der Waals surface area contributed by atoms with Crippen molar-refractivity contribution in [2.24, 2.45) is 7.05 Å². The monoisotopic (exact) mass is 1650 g/mol. The number of halogens is 2. The van der Waals surface area contributed by atoms with Crippen LogP contribution in [-0.2, 0) is 11.8 Å². The molecule has 0 spiro atoms. The molecule has 0 radical (unpaired) electrons. The Hall–Kier alpha value is -9.93. The fourth-order valence-corrected chi connectivity index (χ4v) is 18.0. The third kappa shape index (κ3) is 20.8. The van der Waals surface area contributed by atoms with Crippen LogP contribution < -0.4 is 34.5 Å². The van der Waals surface area contributed by atoms with Crippen molar-refractivity contribution in [1.29, 1.82) is 0 Å². The zero-order chi connectivity index (χ0) is 81.6. The lowest BCUT2D eigenvalue weighted by Crippen LogP contribution is -2.36. The van der Waals surface area contributed by atoms with Crippen LogP contribution in [0.3, 0.4) is 0 Å². The third-order valence-corrected chi connectivity index (χ3v) is 24.3. The first kappa shape index (κ1) is 83.1. The highest BCUT2D eigenvalue weighted by Gasteiger charge is 2.27. The van der Waals surface area contributed by atoms with Crippen LogP contribution in [0.15, 0.2) is 48.8 Å². The Balaban J connectivity index is 0.000000111. The Morgan fingerprint density at radius 3 is 1.12 bits per heavy atom. The van der Waals surface area contributed by atoms with E-state index < -0.39 is 0 Å². The first-order valence-corrected chi connectivity index (χ1v) is 44.1. The van der Waals surface area contributed by atoms with E-state index in [1.165, 1.54) is 141 Å². The van der Waals surface area contributed by atoms with E-state index in [-0.39, 0.29) is 18.3 Å². The number of fused-ring (bicyclic) bond motifs is 6. The molecule has 7 aliphatic rings.